The van der Waals surface area contributed by atoms with Crippen molar-refractivity contribution in [3.8, 4) is 0 Å². The first-order valence-electron chi connectivity index (χ1n) is 7.21. The van der Waals surface area contributed by atoms with E-state index in [4.69, 9.17) is 17.0 Å². The number of rotatable bonds is 3. The van der Waals surface area contributed by atoms with Crippen molar-refractivity contribution in [2.24, 2.45) is 0 Å². The largest absolute Gasteiger partial charge is 0.442 e. The van der Waals surface area contributed by atoms with Crippen LogP contribution in [0.5, 0.6) is 0 Å². The summed E-state index contributed by atoms with van der Waals surface area (Å²) in [4.78, 5) is 28.6. The van der Waals surface area contributed by atoms with Gasteiger partial charge in [0.05, 0.1) is 23.8 Å². The highest BCUT2D eigenvalue weighted by Crippen LogP contribution is 2.38. The average Bonchev–Trinajstić information content (AvgIpc) is 2.90. The molecule has 0 aromatic heterocycles. The molecule has 0 saturated carbocycles. The Kier molecular flexibility index (Phi) is 4.45. The molecule has 23 heavy (non-hydrogen) atoms. The normalized spacial score (nSPS) is 20.3. The highest BCUT2D eigenvalue weighted by atomic mass is 32.2. The number of hydrogen-bond donors (Lipinski definition) is 1. The summed E-state index contributed by atoms with van der Waals surface area (Å²) in [5.74, 6) is 0.626. The van der Waals surface area contributed by atoms with Gasteiger partial charge in [0.15, 0.2) is 0 Å². The van der Waals surface area contributed by atoms with Crippen molar-refractivity contribution in [2.45, 2.75) is 17.9 Å². The Morgan fingerprint density at radius 2 is 2.30 bits per heavy atom. The van der Waals surface area contributed by atoms with Crippen molar-refractivity contribution in [2.75, 3.05) is 35.7 Å². The molecule has 2 heterocycles. The first-order valence-corrected chi connectivity index (χ1v) is 8.61. The summed E-state index contributed by atoms with van der Waals surface area (Å²) < 4.78 is 5.30. The van der Waals surface area contributed by atoms with Gasteiger partial charge < -0.3 is 15.0 Å². The van der Waals surface area contributed by atoms with E-state index >= 15 is 0 Å². The highest BCUT2D eigenvalue weighted by Gasteiger charge is 2.33. The van der Waals surface area contributed by atoms with E-state index < -0.39 is 0 Å². The maximum absolute atomic E-state index is 12.1. The number of carbonyl (C=O) groups is 2. The summed E-state index contributed by atoms with van der Waals surface area (Å²) in [5.41, 5.74) is 1.85. The van der Waals surface area contributed by atoms with E-state index in [-0.39, 0.29) is 18.1 Å². The Morgan fingerprint density at radius 1 is 1.52 bits per heavy atom. The second-order valence-electron chi connectivity index (χ2n) is 5.45. The quantitative estimate of drug-likeness (QED) is 0.841. The first kappa shape index (κ1) is 16.1. The Labute approximate surface area is 144 Å². The van der Waals surface area contributed by atoms with E-state index in [2.05, 4.69) is 5.32 Å². The molecule has 0 radical (unpaired) electrons. The van der Waals surface area contributed by atoms with Gasteiger partial charge in [-0.25, -0.2) is 4.79 Å². The highest BCUT2D eigenvalue weighted by molar-refractivity contribution is 8.01. The second-order valence-corrected chi connectivity index (χ2v) is 6.94. The molecule has 122 valence electrons. The SMILES string of the molecule is CC(=O)NCC1CN(c2ccc3c(c2)SCC(=S)N3C)C(=O)O1. The van der Waals surface area contributed by atoms with Crippen LogP contribution in [0.3, 0.4) is 0 Å². The van der Waals surface area contributed by atoms with Gasteiger partial charge in [-0.05, 0) is 18.2 Å². The second kappa shape index (κ2) is 6.37. The van der Waals surface area contributed by atoms with Gasteiger partial charge in [-0.2, -0.15) is 0 Å². The number of thioether (sulfide) groups is 1. The molecule has 0 aliphatic carbocycles. The summed E-state index contributed by atoms with van der Waals surface area (Å²) in [6.45, 7) is 2.20. The van der Waals surface area contributed by atoms with Gasteiger partial charge in [0.1, 0.15) is 6.10 Å². The van der Waals surface area contributed by atoms with Crippen molar-refractivity contribution < 1.29 is 14.3 Å². The van der Waals surface area contributed by atoms with Gasteiger partial charge in [0.2, 0.25) is 5.91 Å². The Morgan fingerprint density at radius 3 is 3.04 bits per heavy atom. The third-order valence-corrected chi connectivity index (χ3v) is 5.45. The molecule has 1 atom stereocenters. The summed E-state index contributed by atoms with van der Waals surface area (Å²) in [6.07, 6.45) is -0.713. The number of benzene rings is 1. The Hall–Kier alpha value is -1.80. The minimum Gasteiger partial charge on any atom is -0.442 e. The molecule has 2 aliphatic heterocycles. The summed E-state index contributed by atoms with van der Waals surface area (Å²) in [5, 5.41) is 2.67. The van der Waals surface area contributed by atoms with Crippen LogP contribution < -0.4 is 15.1 Å². The van der Waals surface area contributed by atoms with Crippen molar-refractivity contribution in [3.05, 3.63) is 18.2 Å². The third-order valence-electron chi connectivity index (χ3n) is 3.79. The predicted octanol–water partition coefficient (Wildman–Crippen LogP) is 2.02. The number of fused-ring (bicyclic) bond motifs is 1. The molecular formula is C15H17N3O3S2. The lowest BCUT2D eigenvalue weighted by molar-refractivity contribution is -0.119. The van der Waals surface area contributed by atoms with Crippen LogP contribution in [0.4, 0.5) is 16.2 Å². The smallest absolute Gasteiger partial charge is 0.414 e. The van der Waals surface area contributed by atoms with E-state index in [1.165, 1.54) is 6.92 Å². The van der Waals surface area contributed by atoms with Crippen LogP contribution in [0.25, 0.3) is 0 Å². The Bertz CT molecular complexity index is 680. The minimum absolute atomic E-state index is 0.135. The van der Waals surface area contributed by atoms with Crippen LogP contribution in [0.1, 0.15) is 6.92 Å². The van der Waals surface area contributed by atoms with Gasteiger partial charge in [-0.1, -0.05) is 12.2 Å². The van der Waals surface area contributed by atoms with Crippen molar-refractivity contribution in [1.82, 2.24) is 5.32 Å². The Balaban J connectivity index is 1.76. The average molecular weight is 351 g/mol. The fraction of sp³-hybridized carbons (Fsp3) is 0.400. The summed E-state index contributed by atoms with van der Waals surface area (Å²) in [7, 11) is 1.95. The number of amides is 2. The van der Waals surface area contributed by atoms with Crippen LogP contribution in [-0.2, 0) is 9.53 Å². The lowest BCUT2D eigenvalue weighted by Gasteiger charge is -2.28. The lowest BCUT2D eigenvalue weighted by Crippen LogP contribution is -2.33. The summed E-state index contributed by atoms with van der Waals surface area (Å²) >= 11 is 6.99. The molecule has 1 aromatic rings. The van der Waals surface area contributed by atoms with E-state index in [0.717, 1.165) is 27.0 Å². The van der Waals surface area contributed by atoms with Gasteiger partial charge in [0.25, 0.3) is 0 Å². The topological polar surface area (TPSA) is 61.9 Å². The van der Waals surface area contributed by atoms with Gasteiger partial charge in [0, 0.05) is 30.3 Å². The molecule has 1 aromatic carbocycles. The third kappa shape index (κ3) is 3.28. The molecule has 1 fully saturated rings. The molecule has 8 heteroatoms. The van der Waals surface area contributed by atoms with E-state index in [1.54, 1.807) is 16.7 Å². The van der Waals surface area contributed by atoms with E-state index in [1.807, 2.05) is 30.1 Å². The zero-order chi connectivity index (χ0) is 16.6. The molecule has 6 nitrogen and oxygen atoms in total. The van der Waals surface area contributed by atoms with E-state index in [9.17, 15) is 9.59 Å². The van der Waals surface area contributed by atoms with Crippen molar-refractivity contribution in [1.29, 1.82) is 0 Å². The number of carbonyl (C=O) groups excluding carboxylic acids is 2. The number of nitrogens with zero attached hydrogens (tertiary/aromatic N) is 2. The van der Waals surface area contributed by atoms with Crippen LogP contribution in [-0.4, -0.2) is 49.0 Å². The molecule has 3 rings (SSSR count). The number of ether oxygens (including phenoxy) is 1. The first-order chi connectivity index (χ1) is 11.0. The van der Waals surface area contributed by atoms with Gasteiger partial charge in [-0.3, -0.25) is 9.69 Å². The van der Waals surface area contributed by atoms with Crippen LogP contribution >= 0.6 is 24.0 Å². The standard InChI is InChI=1S/C15H17N3O3S2/c1-9(19)16-6-11-7-18(15(20)21-11)10-3-4-12-13(5-10)23-8-14(22)17(12)2/h3-5,11H,6-8H2,1-2H3,(H,16,19). The maximum Gasteiger partial charge on any atom is 0.414 e. The minimum atomic E-state index is -0.384. The number of cyclic esters (lactones) is 1. The van der Waals surface area contributed by atoms with E-state index in [0.29, 0.717) is 13.1 Å². The van der Waals surface area contributed by atoms with Crippen molar-refractivity contribution >= 4 is 52.3 Å². The van der Waals surface area contributed by atoms with Crippen LogP contribution in [0.2, 0.25) is 0 Å². The number of nitrogens with one attached hydrogen (secondary N) is 1. The zero-order valence-electron chi connectivity index (χ0n) is 12.9. The predicted molar refractivity (Wildman–Crippen MR) is 94.5 cm³/mol. The number of hydrogen-bond acceptors (Lipinski definition) is 5. The zero-order valence-corrected chi connectivity index (χ0v) is 14.5. The van der Waals surface area contributed by atoms with Crippen LogP contribution in [0.15, 0.2) is 23.1 Å². The number of anilines is 2. The van der Waals surface area contributed by atoms with Gasteiger partial charge in [-0.15, -0.1) is 11.8 Å². The number of thiocarbonyl (C=S) groups is 1. The van der Waals surface area contributed by atoms with Gasteiger partial charge >= 0.3 is 6.09 Å². The molecule has 1 N–H and O–H groups in total. The summed E-state index contributed by atoms with van der Waals surface area (Å²) in [6, 6.07) is 5.85. The van der Waals surface area contributed by atoms with Crippen LogP contribution in [0, 0.1) is 0 Å². The monoisotopic (exact) mass is 351 g/mol. The van der Waals surface area contributed by atoms with Crippen molar-refractivity contribution in [3.63, 3.8) is 0 Å². The molecule has 2 aliphatic rings. The maximum atomic E-state index is 12.1. The molecular weight excluding hydrogens is 334 g/mol. The molecule has 0 spiro atoms. The molecule has 1 unspecified atom stereocenters. The molecule has 2 amide bonds. The fourth-order valence-corrected chi connectivity index (χ4v) is 3.83. The molecule has 0 bridgehead atoms. The lowest BCUT2D eigenvalue weighted by atomic mass is 10.2. The fourth-order valence-electron chi connectivity index (χ4n) is 2.53. The molecule has 1 saturated heterocycles.